The number of aromatic nitrogens is 2. The third-order valence-electron chi connectivity index (χ3n) is 8.21. The topological polar surface area (TPSA) is 96.3 Å². The average molecular weight is 544 g/mol. The minimum atomic E-state index is -3.64. The number of benzene rings is 3. The number of aryl methyl sites for hydroxylation is 1. The van der Waals surface area contributed by atoms with Gasteiger partial charge < -0.3 is 5.32 Å². The monoisotopic (exact) mass is 543 g/mol. The lowest BCUT2D eigenvalue weighted by Crippen LogP contribution is -2.56. The number of sulfonamides is 1. The number of hydrogen-bond acceptors (Lipinski definition) is 5. The second-order valence-electron chi connectivity index (χ2n) is 10.7. The van der Waals surface area contributed by atoms with Crippen molar-refractivity contribution in [2.24, 2.45) is 13.0 Å². The highest BCUT2D eigenvalue weighted by atomic mass is 32.2. The van der Waals surface area contributed by atoms with Crippen LogP contribution in [0.25, 0.3) is 22.0 Å². The van der Waals surface area contributed by atoms with E-state index in [4.69, 9.17) is 5.10 Å². The van der Waals surface area contributed by atoms with Crippen LogP contribution in [0.2, 0.25) is 0 Å². The van der Waals surface area contributed by atoms with Crippen LogP contribution in [-0.4, -0.2) is 54.7 Å². The Kier molecular flexibility index (Phi) is 6.74. The van der Waals surface area contributed by atoms with Crippen molar-refractivity contribution in [1.29, 1.82) is 0 Å². The minimum absolute atomic E-state index is 0.168. The zero-order chi connectivity index (χ0) is 27.1. The van der Waals surface area contributed by atoms with Gasteiger partial charge in [-0.2, -0.15) is 5.10 Å². The molecule has 3 saturated heterocycles. The van der Waals surface area contributed by atoms with Crippen LogP contribution in [0.3, 0.4) is 0 Å². The molecule has 1 amide bonds. The van der Waals surface area contributed by atoms with Crippen molar-refractivity contribution < 1.29 is 13.2 Å². The normalized spacial score (nSPS) is 22.7. The lowest BCUT2D eigenvalue weighted by Gasteiger charge is -2.49. The van der Waals surface area contributed by atoms with E-state index >= 15 is 0 Å². The lowest BCUT2D eigenvalue weighted by atomic mass is 9.74. The Bertz CT molecular complexity index is 1630. The second-order valence-corrected chi connectivity index (χ2v) is 12.5. The maximum atomic E-state index is 12.9. The molecule has 0 saturated carbocycles. The first-order valence-corrected chi connectivity index (χ1v) is 14.9. The SMILES string of the molecule is CC(=O)Nc1ccc(S(=O)(=O)NCC2CC3CCN2CC3c2cc(-c3ccc4ccccc4c3)nn2C)cc1. The molecule has 0 spiro atoms. The van der Waals surface area contributed by atoms with E-state index < -0.39 is 10.0 Å². The number of nitrogens with one attached hydrogen (secondary N) is 2. The number of anilines is 1. The Hall–Kier alpha value is -3.53. The molecule has 39 heavy (non-hydrogen) atoms. The number of fused-ring (bicyclic) bond motifs is 4. The molecule has 2 bridgehead atoms. The van der Waals surface area contributed by atoms with Crippen LogP contribution < -0.4 is 10.0 Å². The van der Waals surface area contributed by atoms with Crippen molar-refractivity contribution >= 4 is 32.4 Å². The Balaban J connectivity index is 1.13. The summed E-state index contributed by atoms with van der Waals surface area (Å²) in [5, 5.41) is 9.96. The Morgan fingerprint density at radius 1 is 1.03 bits per heavy atom. The van der Waals surface area contributed by atoms with Gasteiger partial charge in [0, 0.05) is 56.0 Å². The van der Waals surface area contributed by atoms with E-state index in [1.807, 2.05) is 11.7 Å². The zero-order valence-corrected chi connectivity index (χ0v) is 23.0. The van der Waals surface area contributed by atoms with Gasteiger partial charge in [0.05, 0.1) is 10.6 Å². The summed E-state index contributed by atoms with van der Waals surface area (Å²) in [5.74, 6) is 0.667. The fourth-order valence-corrected chi connectivity index (χ4v) is 7.29. The summed E-state index contributed by atoms with van der Waals surface area (Å²) in [6.07, 6.45) is 2.06. The first-order valence-electron chi connectivity index (χ1n) is 13.4. The van der Waals surface area contributed by atoms with Crippen LogP contribution in [-0.2, 0) is 21.9 Å². The van der Waals surface area contributed by atoms with E-state index in [9.17, 15) is 13.2 Å². The Morgan fingerprint density at radius 2 is 1.79 bits per heavy atom. The van der Waals surface area contributed by atoms with Gasteiger partial charge in [-0.25, -0.2) is 13.1 Å². The van der Waals surface area contributed by atoms with E-state index in [0.29, 0.717) is 24.1 Å². The van der Waals surface area contributed by atoms with Gasteiger partial charge in [0.1, 0.15) is 0 Å². The standard InChI is InChI=1S/C30H33N5O3S/c1-20(36)32-25-9-11-27(12-10-25)39(37,38)31-18-26-16-23-13-14-35(26)19-28(23)30-17-29(33-34(30)2)24-8-7-21-5-3-4-6-22(21)15-24/h3-12,15,17,23,26,28,31H,13-14,16,18-19H2,1-2H3,(H,32,36). The molecule has 4 atom stereocenters. The van der Waals surface area contributed by atoms with Crippen LogP contribution in [0.15, 0.2) is 77.7 Å². The number of amides is 1. The maximum Gasteiger partial charge on any atom is 0.240 e. The van der Waals surface area contributed by atoms with Crippen LogP contribution in [0.5, 0.6) is 0 Å². The molecule has 202 valence electrons. The van der Waals surface area contributed by atoms with Crippen molar-refractivity contribution in [2.75, 3.05) is 25.0 Å². The highest BCUT2D eigenvalue weighted by Gasteiger charge is 2.42. The summed E-state index contributed by atoms with van der Waals surface area (Å²) in [6, 6.07) is 23.5. The number of piperidine rings is 3. The summed E-state index contributed by atoms with van der Waals surface area (Å²) in [4.78, 5) is 13.8. The third-order valence-corrected chi connectivity index (χ3v) is 9.65. The molecule has 0 radical (unpaired) electrons. The van der Waals surface area contributed by atoms with Crippen LogP contribution >= 0.6 is 0 Å². The summed E-state index contributed by atoms with van der Waals surface area (Å²) < 4.78 is 30.7. The van der Waals surface area contributed by atoms with Gasteiger partial charge in [0.15, 0.2) is 0 Å². The Labute approximate surface area is 229 Å². The number of carbonyl (C=O) groups is 1. The highest BCUT2D eigenvalue weighted by molar-refractivity contribution is 7.89. The molecule has 3 aliphatic rings. The highest BCUT2D eigenvalue weighted by Crippen LogP contribution is 2.42. The molecule has 4 heterocycles. The predicted molar refractivity (Wildman–Crippen MR) is 153 cm³/mol. The zero-order valence-electron chi connectivity index (χ0n) is 22.2. The van der Waals surface area contributed by atoms with Gasteiger partial charge in [0.2, 0.25) is 15.9 Å². The van der Waals surface area contributed by atoms with Gasteiger partial charge in [0.25, 0.3) is 0 Å². The fourth-order valence-electron chi connectivity index (χ4n) is 6.21. The second kappa shape index (κ2) is 10.2. The van der Waals surface area contributed by atoms with E-state index in [1.165, 1.54) is 35.5 Å². The molecule has 4 unspecified atom stereocenters. The average Bonchev–Trinajstić information content (AvgIpc) is 3.33. The van der Waals surface area contributed by atoms with Gasteiger partial charge in [-0.3, -0.25) is 14.4 Å². The summed E-state index contributed by atoms with van der Waals surface area (Å²) >= 11 is 0. The smallest absolute Gasteiger partial charge is 0.240 e. The van der Waals surface area contributed by atoms with Crippen LogP contribution in [0.4, 0.5) is 5.69 Å². The van der Waals surface area contributed by atoms with Gasteiger partial charge in [-0.15, -0.1) is 0 Å². The third kappa shape index (κ3) is 5.22. The molecule has 8 nitrogen and oxygen atoms in total. The van der Waals surface area contributed by atoms with Crippen molar-refractivity contribution in [1.82, 2.24) is 19.4 Å². The summed E-state index contributed by atoms with van der Waals surface area (Å²) in [5.41, 5.74) is 3.92. The van der Waals surface area contributed by atoms with Gasteiger partial charge >= 0.3 is 0 Å². The van der Waals surface area contributed by atoms with Crippen molar-refractivity contribution in [3.8, 4) is 11.3 Å². The molecule has 2 N–H and O–H groups in total. The molecule has 7 rings (SSSR count). The molecular weight excluding hydrogens is 510 g/mol. The van der Waals surface area contributed by atoms with E-state index in [1.54, 1.807) is 12.1 Å². The minimum Gasteiger partial charge on any atom is -0.326 e. The number of hydrogen-bond donors (Lipinski definition) is 2. The Morgan fingerprint density at radius 3 is 2.51 bits per heavy atom. The molecule has 3 aromatic carbocycles. The number of carbonyl (C=O) groups excluding carboxylic acids is 1. The summed E-state index contributed by atoms with van der Waals surface area (Å²) in [7, 11) is -1.61. The first-order chi connectivity index (χ1) is 18.8. The quantitative estimate of drug-likeness (QED) is 0.361. The van der Waals surface area contributed by atoms with Gasteiger partial charge in [-0.1, -0.05) is 36.4 Å². The van der Waals surface area contributed by atoms with Crippen molar-refractivity contribution in [3.05, 3.63) is 78.5 Å². The van der Waals surface area contributed by atoms with Crippen molar-refractivity contribution in [3.63, 3.8) is 0 Å². The molecule has 9 heteroatoms. The molecule has 3 fully saturated rings. The molecule has 0 aliphatic carbocycles. The summed E-state index contributed by atoms with van der Waals surface area (Å²) in [6.45, 7) is 3.68. The number of rotatable bonds is 7. The molecular formula is C30H33N5O3S. The van der Waals surface area contributed by atoms with E-state index in [2.05, 4.69) is 63.5 Å². The van der Waals surface area contributed by atoms with Gasteiger partial charge in [-0.05, 0) is 72.5 Å². The van der Waals surface area contributed by atoms with Crippen molar-refractivity contribution in [2.45, 2.75) is 36.6 Å². The van der Waals surface area contributed by atoms with E-state index in [-0.39, 0.29) is 16.8 Å². The fraction of sp³-hybridized carbons (Fsp3) is 0.333. The lowest BCUT2D eigenvalue weighted by molar-refractivity contribution is -0.114. The van der Waals surface area contributed by atoms with E-state index in [0.717, 1.165) is 37.2 Å². The molecule has 4 aromatic rings. The number of nitrogens with zero attached hydrogens (tertiary/aromatic N) is 3. The largest absolute Gasteiger partial charge is 0.326 e. The molecule has 3 aliphatic heterocycles. The molecule has 1 aromatic heterocycles. The van der Waals surface area contributed by atoms with Crippen LogP contribution in [0, 0.1) is 5.92 Å². The first kappa shape index (κ1) is 25.7. The van der Waals surface area contributed by atoms with Crippen LogP contribution in [0.1, 0.15) is 31.4 Å². The maximum absolute atomic E-state index is 12.9. The predicted octanol–water partition coefficient (Wildman–Crippen LogP) is 4.36.